The van der Waals surface area contributed by atoms with Gasteiger partial charge in [-0.15, -0.1) is 0 Å². The van der Waals surface area contributed by atoms with Crippen LogP contribution in [0.3, 0.4) is 0 Å². The maximum absolute atomic E-state index is 13.2. The third-order valence-corrected chi connectivity index (χ3v) is 7.56. The first-order valence-electron chi connectivity index (χ1n) is 13.1. The zero-order valence-electron chi connectivity index (χ0n) is 21.2. The number of pyridine rings is 1. The molecule has 0 saturated carbocycles. The highest BCUT2D eigenvalue weighted by Gasteiger charge is 2.31. The van der Waals surface area contributed by atoms with Crippen molar-refractivity contribution in [3.63, 3.8) is 0 Å². The number of nitrogens with one attached hydrogen (secondary N) is 2. The van der Waals surface area contributed by atoms with Gasteiger partial charge in [-0.2, -0.15) is 0 Å². The molecule has 4 heterocycles. The van der Waals surface area contributed by atoms with Gasteiger partial charge in [0.2, 0.25) is 5.91 Å². The molecular formula is C28H33ClN6O3. The van der Waals surface area contributed by atoms with Crippen molar-refractivity contribution in [3.05, 3.63) is 71.3 Å². The van der Waals surface area contributed by atoms with E-state index in [1.54, 1.807) is 30.5 Å². The molecule has 2 saturated heterocycles. The molecule has 0 spiro atoms. The van der Waals surface area contributed by atoms with Gasteiger partial charge in [0.1, 0.15) is 5.82 Å². The van der Waals surface area contributed by atoms with Crippen LogP contribution in [-0.2, 0) is 11.3 Å². The van der Waals surface area contributed by atoms with E-state index >= 15 is 0 Å². The van der Waals surface area contributed by atoms with Crippen molar-refractivity contribution in [2.24, 2.45) is 5.92 Å². The van der Waals surface area contributed by atoms with E-state index in [0.717, 1.165) is 56.6 Å². The minimum absolute atomic E-state index is 0.0814. The third kappa shape index (κ3) is 6.46. The molecule has 2 amide bonds. The number of hydrogen-bond donors (Lipinski definition) is 3. The zero-order valence-corrected chi connectivity index (χ0v) is 22.0. The summed E-state index contributed by atoms with van der Waals surface area (Å²) in [7, 11) is 0. The van der Waals surface area contributed by atoms with Crippen LogP contribution in [0.1, 0.15) is 41.8 Å². The van der Waals surface area contributed by atoms with Gasteiger partial charge in [-0.25, -0.2) is 4.98 Å². The van der Waals surface area contributed by atoms with Gasteiger partial charge in [-0.1, -0.05) is 11.6 Å². The second-order valence-electron chi connectivity index (χ2n) is 10.0. The summed E-state index contributed by atoms with van der Waals surface area (Å²) in [6.45, 7) is 4.07. The highest BCUT2D eigenvalue weighted by Crippen LogP contribution is 2.29. The number of benzene rings is 1. The smallest absolute Gasteiger partial charge is 0.291 e. The summed E-state index contributed by atoms with van der Waals surface area (Å²) in [6.07, 6.45) is 6.63. The van der Waals surface area contributed by atoms with Gasteiger partial charge in [0.25, 0.3) is 5.91 Å². The molecule has 0 atom stereocenters. The summed E-state index contributed by atoms with van der Waals surface area (Å²) >= 11 is 6.19. The zero-order chi connectivity index (χ0) is 26.5. The van der Waals surface area contributed by atoms with E-state index < -0.39 is 0 Å². The van der Waals surface area contributed by atoms with Crippen LogP contribution in [-0.4, -0.2) is 58.8 Å². The van der Waals surface area contributed by atoms with Crippen LogP contribution in [0, 0.1) is 5.92 Å². The van der Waals surface area contributed by atoms with Crippen LogP contribution in [0.25, 0.3) is 0 Å². The minimum atomic E-state index is -0.336. The summed E-state index contributed by atoms with van der Waals surface area (Å²) in [5.41, 5.74) is 8.35. The van der Waals surface area contributed by atoms with Crippen molar-refractivity contribution < 1.29 is 14.0 Å². The Morgan fingerprint density at radius 3 is 2.53 bits per heavy atom. The summed E-state index contributed by atoms with van der Waals surface area (Å²) in [4.78, 5) is 34.2. The molecule has 2 aliphatic rings. The van der Waals surface area contributed by atoms with Crippen molar-refractivity contribution >= 4 is 40.6 Å². The fraction of sp³-hybridized carbons (Fsp3) is 0.393. The molecule has 0 bridgehead atoms. The number of likely N-dealkylation sites (tertiary alicyclic amines) is 2. The van der Waals surface area contributed by atoms with Crippen molar-refractivity contribution in [3.8, 4) is 0 Å². The van der Waals surface area contributed by atoms with Gasteiger partial charge < -0.3 is 25.7 Å². The number of piperidine rings is 2. The molecule has 9 nitrogen and oxygen atoms in total. The number of nitrogens with zero attached hydrogens (tertiary/aromatic N) is 3. The first-order valence-corrected chi connectivity index (χ1v) is 13.4. The average Bonchev–Trinajstić information content (AvgIpc) is 3.46. The normalized spacial score (nSPS) is 17.3. The molecule has 5 rings (SSSR count). The Morgan fingerprint density at radius 2 is 1.82 bits per heavy atom. The van der Waals surface area contributed by atoms with Crippen LogP contribution in [0.5, 0.6) is 0 Å². The Balaban J connectivity index is 1.10. The van der Waals surface area contributed by atoms with Crippen molar-refractivity contribution in [1.82, 2.24) is 14.8 Å². The van der Waals surface area contributed by atoms with Gasteiger partial charge in [0.15, 0.2) is 5.76 Å². The number of carbonyl (C=O) groups excluding carboxylic acids is 2. The fourth-order valence-electron chi connectivity index (χ4n) is 5.25. The fourth-order valence-corrected chi connectivity index (χ4v) is 5.42. The number of aromatic nitrogens is 1. The molecule has 1 aromatic carbocycles. The van der Waals surface area contributed by atoms with Crippen LogP contribution < -0.4 is 16.4 Å². The number of hydrogen-bond acceptors (Lipinski definition) is 7. The molecule has 10 heteroatoms. The quantitative estimate of drug-likeness (QED) is 0.407. The Bertz CT molecular complexity index is 1250. The number of halogens is 1. The van der Waals surface area contributed by atoms with Gasteiger partial charge in [0, 0.05) is 42.8 Å². The number of furan rings is 1. The largest absolute Gasteiger partial charge is 0.459 e. The van der Waals surface area contributed by atoms with Gasteiger partial charge in [-0.05, 0) is 86.8 Å². The van der Waals surface area contributed by atoms with Crippen LogP contribution in [0.15, 0.2) is 59.3 Å². The standard InChI is InChI=1S/C28H33ClN6O3/c29-21-3-4-23(24(17-21)33-27(36)25-2-1-15-38-25)32-22-8-13-35(14-9-22)28(37)20-6-11-34(12-7-20)18-19-5-10-31-26(30)16-19/h1-5,10,15-17,20,22,32H,6-9,11-14,18H2,(H2,30,31)(H,33,36). The lowest BCUT2D eigenvalue weighted by Gasteiger charge is -2.37. The molecule has 38 heavy (non-hydrogen) atoms. The molecule has 0 aliphatic carbocycles. The Kier molecular flexibility index (Phi) is 8.14. The van der Waals surface area contributed by atoms with Crippen molar-refractivity contribution in [2.45, 2.75) is 38.3 Å². The lowest BCUT2D eigenvalue weighted by atomic mass is 9.93. The summed E-state index contributed by atoms with van der Waals surface area (Å²) in [5.74, 6) is 0.788. The predicted molar refractivity (Wildman–Crippen MR) is 148 cm³/mol. The number of nitrogen functional groups attached to an aromatic ring is 1. The first kappa shape index (κ1) is 26.1. The number of rotatable bonds is 7. The van der Waals surface area contributed by atoms with E-state index in [-0.39, 0.29) is 29.5 Å². The van der Waals surface area contributed by atoms with E-state index in [2.05, 4.69) is 20.5 Å². The Labute approximate surface area is 227 Å². The Hall–Kier alpha value is -3.56. The first-order chi connectivity index (χ1) is 18.4. The predicted octanol–water partition coefficient (Wildman–Crippen LogP) is 4.48. The molecule has 0 unspecified atom stereocenters. The van der Waals surface area contributed by atoms with Gasteiger partial charge in [0.05, 0.1) is 17.6 Å². The van der Waals surface area contributed by atoms with Crippen LogP contribution >= 0.6 is 11.6 Å². The van der Waals surface area contributed by atoms with Crippen molar-refractivity contribution in [2.75, 3.05) is 42.5 Å². The topological polar surface area (TPSA) is 117 Å². The van der Waals surface area contributed by atoms with Crippen LogP contribution in [0.4, 0.5) is 17.2 Å². The molecule has 4 N–H and O–H groups in total. The van der Waals surface area contributed by atoms with E-state index in [9.17, 15) is 9.59 Å². The number of amides is 2. The maximum Gasteiger partial charge on any atom is 0.291 e. The molecule has 2 aliphatic heterocycles. The number of nitrogens with two attached hydrogens (primary N) is 1. The number of carbonyl (C=O) groups is 2. The molecule has 0 radical (unpaired) electrons. The molecular weight excluding hydrogens is 504 g/mol. The summed E-state index contributed by atoms with van der Waals surface area (Å²) < 4.78 is 5.20. The molecule has 2 aromatic heterocycles. The highest BCUT2D eigenvalue weighted by atomic mass is 35.5. The van der Waals surface area contributed by atoms with Crippen molar-refractivity contribution in [1.29, 1.82) is 0 Å². The van der Waals surface area contributed by atoms with Crippen LogP contribution in [0.2, 0.25) is 5.02 Å². The highest BCUT2D eigenvalue weighted by molar-refractivity contribution is 6.31. The van der Waals surface area contributed by atoms with E-state index in [0.29, 0.717) is 29.6 Å². The van der Waals surface area contributed by atoms with E-state index in [1.165, 1.54) is 6.26 Å². The summed E-state index contributed by atoms with van der Waals surface area (Å²) in [5, 5.41) is 6.94. The molecule has 3 aromatic rings. The lowest BCUT2D eigenvalue weighted by molar-refractivity contribution is -0.138. The van der Waals surface area contributed by atoms with E-state index in [4.69, 9.17) is 21.8 Å². The Morgan fingerprint density at radius 1 is 1.03 bits per heavy atom. The maximum atomic E-state index is 13.2. The average molecular weight is 537 g/mol. The number of anilines is 3. The molecule has 2 fully saturated rings. The lowest BCUT2D eigenvalue weighted by Crippen LogP contribution is -2.47. The monoisotopic (exact) mass is 536 g/mol. The third-order valence-electron chi connectivity index (χ3n) is 7.33. The second kappa shape index (κ2) is 11.9. The van der Waals surface area contributed by atoms with E-state index in [1.807, 2.05) is 23.1 Å². The van der Waals surface area contributed by atoms with Gasteiger partial charge in [-0.3, -0.25) is 14.5 Å². The second-order valence-corrected chi connectivity index (χ2v) is 10.4. The molecule has 200 valence electrons. The van der Waals surface area contributed by atoms with Gasteiger partial charge >= 0.3 is 0 Å². The minimum Gasteiger partial charge on any atom is -0.459 e. The summed E-state index contributed by atoms with van der Waals surface area (Å²) in [6, 6.07) is 12.8. The SMILES string of the molecule is Nc1cc(CN2CCC(C(=O)N3CCC(Nc4ccc(Cl)cc4NC(=O)c4ccco4)CC3)CC2)ccn1.